The van der Waals surface area contributed by atoms with Gasteiger partial charge in [0.1, 0.15) is 0 Å². The Morgan fingerprint density at radius 1 is 0.833 bits per heavy atom. The van der Waals surface area contributed by atoms with E-state index in [0.717, 1.165) is 11.8 Å². The van der Waals surface area contributed by atoms with E-state index in [2.05, 4.69) is 41.8 Å². The molecule has 0 aliphatic rings. The first-order valence-corrected chi connectivity index (χ1v) is 11.5. The van der Waals surface area contributed by atoms with Gasteiger partial charge in [-0.2, -0.15) is 0 Å². The van der Waals surface area contributed by atoms with Gasteiger partial charge in [0.25, 0.3) is 0 Å². The lowest BCUT2D eigenvalue weighted by Gasteiger charge is -2.36. The first-order valence-electron chi connectivity index (χ1n) is 9.71. The fraction of sp³-hybridized carbons (Fsp3) is 1.00. The number of unbranched alkanes of at least 4 members (excludes halogenated alkanes) is 2. The smallest absolute Gasteiger partial charge is 0.0916 e. The Bertz CT molecular complexity index is 352. The van der Waals surface area contributed by atoms with Crippen molar-refractivity contribution in [2.24, 2.45) is 11.8 Å². The van der Waals surface area contributed by atoms with E-state index < -0.39 is 10.1 Å². The van der Waals surface area contributed by atoms with Crippen LogP contribution in [0.5, 0.6) is 0 Å². The lowest BCUT2D eigenvalue weighted by atomic mass is 9.95. The maximum atomic E-state index is 9.08. The monoisotopic (exact) mass is 365 g/mol. The van der Waals surface area contributed by atoms with Gasteiger partial charge < -0.3 is 9.04 Å². The Morgan fingerprint density at radius 3 is 1.33 bits per heavy atom. The molecule has 24 heavy (non-hydrogen) atoms. The van der Waals surface area contributed by atoms with Gasteiger partial charge in [-0.05, 0) is 25.7 Å². The third-order valence-electron chi connectivity index (χ3n) is 4.59. The van der Waals surface area contributed by atoms with Crippen molar-refractivity contribution in [3.05, 3.63) is 0 Å². The second-order valence-corrected chi connectivity index (χ2v) is 9.25. The van der Waals surface area contributed by atoms with Crippen LogP contribution in [0.1, 0.15) is 79.1 Å². The van der Waals surface area contributed by atoms with Gasteiger partial charge in [0.2, 0.25) is 0 Å². The molecule has 0 aromatic rings. The molecular weight excluding hydrogens is 322 g/mol. The Labute approximate surface area is 152 Å². The van der Waals surface area contributed by atoms with E-state index in [-0.39, 0.29) is 0 Å². The van der Waals surface area contributed by atoms with Crippen molar-refractivity contribution in [3.8, 4) is 0 Å². The summed E-state index contributed by atoms with van der Waals surface area (Å²) in [6.07, 6.45) is 11.7. The van der Waals surface area contributed by atoms with Crippen LogP contribution in [0.15, 0.2) is 0 Å². The van der Waals surface area contributed by atoms with E-state index in [1.54, 1.807) is 0 Å². The first kappa shape index (κ1) is 26.1. The van der Waals surface area contributed by atoms with Gasteiger partial charge in [-0.3, -0.25) is 0 Å². The minimum absolute atomic E-state index is 0.604. The van der Waals surface area contributed by atoms with Crippen LogP contribution in [0, 0.1) is 11.8 Å². The summed E-state index contributed by atoms with van der Waals surface area (Å²) >= 11 is 0. The van der Waals surface area contributed by atoms with Crippen LogP contribution >= 0.6 is 0 Å². The molecule has 0 aliphatic carbocycles. The van der Waals surface area contributed by atoms with Crippen LogP contribution in [0.3, 0.4) is 0 Å². The van der Waals surface area contributed by atoms with Crippen LogP contribution < -0.4 is 0 Å². The number of hydrogen-bond acceptors (Lipinski definition) is 3. The predicted molar refractivity (Wildman–Crippen MR) is 104 cm³/mol. The molecule has 0 amide bonds. The minimum atomic E-state index is -3.92. The van der Waals surface area contributed by atoms with Gasteiger partial charge in [-0.1, -0.05) is 53.4 Å². The summed E-state index contributed by atoms with van der Waals surface area (Å²) in [5, 5.41) is 0. The average molecular weight is 366 g/mol. The van der Waals surface area contributed by atoms with E-state index in [4.69, 9.17) is 13.0 Å². The number of rotatable bonds is 12. The Balaban J connectivity index is 0. The first-order chi connectivity index (χ1) is 11.0. The van der Waals surface area contributed by atoms with Crippen molar-refractivity contribution in [1.29, 1.82) is 0 Å². The molecule has 0 fully saturated rings. The molecule has 0 heterocycles. The van der Waals surface area contributed by atoms with E-state index in [1.807, 2.05) is 0 Å². The van der Waals surface area contributed by atoms with Gasteiger partial charge in [0.05, 0.1) is 37.3 Å². The maximum absolute atomic E-state index is 9.08. The van der Waals surface area contributed by atoms with Crippen molar-refractivity contribution >= 4 is 10.1 Å². The van der Waals surface area contributed by atoms with Gasteiger partial charge in [-0.25, -0.2) is 8.42 Å². The molecule has 2 unspecified atom stereocenters. The molecule has 2 atom stereocenters. The van der Waals surface area contributed by atoms with Crippen molar-refractivity contribution < 1.29 is 17.5 Å². The van der Waals surface area contributed by atoms with Crippen molar-refractivity contribution in [3.63, 3.8) is 0 Å². The molecule has 0 saturated carbocycles. The van der Waals surface area contributed by atoms with Crippen molar-refractivity contribution in [2.75, 3.05) is 33.4 Å². The van der Waals surface area contributed by atoms with Crippen LogP contribution in [-0.4, -0.2) is 50.9 Å². The highest BCUT2D eigenvalue weighted by molar-refractivity contribution is 7.84. The Kier molecular flexibility index (Phi) is 15.3. The topological polar surface area (TPSA) is 57.2 Å². The zero-order chi connectivity index (χ0) is 19.2. The Morgan fingerprint density at radius 2 is 1.12 bits per heavy atom. The summed E-state index contributed by atoms with van der Waals surface area (Å²) < 4.78 is 28.5. The van der Waals surface area contributed by atoms with E-state index in [1.165, 1.54) is 68.9 Å². The molecule has 0 aliphatic heterocycles. The summed E-state index contributed by atoms with van der Waals surface area (Å²) in [6.45, 7) is 12.1. The molecule has 5 heteroatoms. The molecule has 0 radical (unpaired) electrons. The third-order valence-corrected chi connectivity index (χ3v) is 4.59. The minimum Gasteiger partial charge on any atom is -0.748 e. The fourth-order valence-corrected chi connectivity index (χ4v) is 3.31. The van der Waals surface area contributed by atoms with Crippen LogP contribution in [0.2, 0.25) is 0 Å². The molecule has 0 aromatic carbocycles. The summed E-state index contributed by atoms with van der Waals surface area (Å²) in [7, 11) is 0.979. The molecule has 4 nitrogen and oxygen atoms in total. The molecule has 148 valence electrons. The molecule has 0 aromatic heterocycles. The quantitative estimate of drug-likeness (QED) is 0.373. The zero-order valence-electron chi connectivity index (χ0n) is 17.3. The average Bonchev–Trinajstić information content (AvgIpc) is 2.45. The Hall–Kier alpha value is -0.130. The van der Waals surface area contributed by atoms with E-state index in [0.29, 0.717) is 6.26 Å². The summed E-state index contributed by atoms with van der Waals surface area (Å²) in [5.74, 6) is 1.86. The maximum Gasteiger partial charge on any atom is 0.0916 e. The second kappa shape index (κ2) is 14.1. The largest absolute Gasteiger partial charge is 0.748 e. The molecule has 0 N–H and O–H groups in total. The van der Waals surface area contributed by atoms with Gasteiger partial charge in [0, 0.05) is 18.1 Å². The van der Waals surface area contributed by atoms with Crippen LogP contribution in [0.4, 0.5) is 0 Å². The molecular formula is C19H43NO3S. The summed E-state index contributed by atoms with van der Waals surface area (Å²) in [5.41, 5.74) is 0. The SMILES string of the molecule is CCCCC(CC)C[N+](C)(C)CC(CC)CCCC.CS(=O)(=O)[O-]. The van der Waals surface area contributed by atoms with Gasteiger partial charge in [-0.15, -0.1) is 0 Å². The number of quaternary nitrogens is 1. The van der Waals surface area contributed by atoms with Gasteiger partial charge >= 0.3 is 0 Å². The lowest BCUT2D eigenvalue weighted by Crippen LogP contribution is -2.46. The normalized spacial score (nSPS) is 14.7. The fourth-order valence-electron chi connectivity index (χ4n) is 3.31. The van der Waals surface area contributed by atoms with Crippen LogP contribution in [0.25, 0.3) is 0 Å². The van der Waals surface area contributed by atoms with Gasteiger partial charge in [0.15, 0.2) is 0 Å². The highest BCUT2D eigenvalue weighted by atomic mass is 32.2. The summed E-state index contributed by atoms with van der Waals surface area (Å²) in [6, 6.07) is 0. The third kappa shape index (κ3) is 19.9. The second-order valence-electron chi connectivity index (χ2n) is 7.84. The molecule has 0 bridgehead atoms. The molecule has 0 rings (SSSR count). The highest BCUT2D eigenvalue weighted by Crippen LogP contribution is 2.21. The zero-order valence-corrected chi connectivity index (χ0v) is 18.1. The predicted octanol–water partition coefficient (Wildman–Crippen LogP) is 4.66. The molecule has 0 saturated heterocycles. The number of hydrogen-bond donors (Lipinski definition) is 0. The summed E-state index contributed by atoms with van der Waals surface area (Å²) in [4.78, 5) is 0. The van der Waals surface area contributed by atoms with Crippen LogP contribution in [-0.2, 0) is 10.1 Å². The highest BCUT2D eigenvalue weighted by Gasteiger charge is 2.24. The lowest BCUT2D eigenvalue weighted by molar-refractivity contribution is -0.897. The molecule has 0 spiro atoms. The van der Waals surface area contributed by atoms with E-state index in [9.17, 15) is 0 Å². The van der Waals surface area contributed by atoms with E-state index >= 15 is 0 Å². The number of nitrogens with zero attached hydrogens (tertiary/aromatic N) is 1. The van der Waals surface area contributed by atoms with Crippen molar-refractivity contribution in [1.82, 2.24) is 0 Å². The standard InChI is InChI=1S/C18H40N.CH4O3S/c1-7-11-13-17(9-3)15-19(5,6)16-18(10-4)14-12-8-2;1-5(2,3)4/h17-18H,7-16H2,1-6H3;1H3,(H,2,3,4)/q+1;/p-1. The van der Waals surface area contributed by atoms with Crippen molar-refractivity contribution in [2.45, 2.75) is 79.1 Å².